The van der Waals surface area contributed by atoms with Gasteiger partial charge in [0.1, 0.15) is 0 Å². The van der Waals surface area contributed by atoms with Crippen molar-refractivity contribution in [3.8, 4) is 11.3 Å². The lowest BCUT2D eigenvalue weighted by Gasteiger charge is -2.35. The van der Waals surface area contributed by atoms with E-state index < -0.39 is 0 Å². The Hall–Kier alpha value is -3.06. The van der Waals surface area contributed by atoms with Gasteiger partial charge in [-0.1, -0.05) is 0 Å². The van der Waals surface area contributed by atoms with Crippen molar-refractivity contribution in [3.63, 3.8) is 0 Å². The largest absolute Gasteiger partial charge is 0.350 e. The molecule has 2 N–H and O–H groups in total. The van der Waals surface area contributed by atoms with Gasteiger partial charge in [0.15, 0.2) is 0 Å². The number of pyridine rings is 2. The van der Waals surface area contributed by atoms with Crippen LogP contribution in [-0.2, 0) is 0 Å². The summed E-state index contributed by atoms with van der Waals surface area (Å²) >= 11 is 0. The molecule has 0 aliphatic heterocycles. The average Bonchev–Trinajstić information content (AvgIpc) is 3.07. The van der Waals surface area contributed by atoms with E-state index in [4.69, 9.17) is 4.98 Å². The summed E-state index contributed by atoms with van der Waals surface area (Å²) < 4.78 is 1.86. The maximum Gasteiger partial charge on any atom is 0.241 e. The number of nitrogens with one attached hydrogen (secondary N) is 2. The topological polar surface area (TPSA) is 80.0 Å². The third-order valence-electron chi connectivity index (χ3n) is 5.03. The van der Waals surface area contributed by atoms with Crippen LogP contribution in [0.1, 0.15) is 12.8 Å². The molecule has 4 aromatic heterocycles. The Morgan fingerprint density at radius 2 is 1.96 bits per heavy atom. The second-order valence-corrected chi connectivity index (χ2v) is 6.68. The number of fused-ring (bicyclic) bond motifs is 2. The molecule has 1 aliphatic carbocycles. The molecule has 1 aliphatic rings. The summed E-state index contributed by atoms with van der Waals surface area (Å²) in [5, 5.41) is 11.3. The zero-order valence-electron chi connectivity index (χ0n) is 14.4. The van der Waals surface area contributed by atoms with Crippen molar-refractivity contribution in [2.24, 2.45) is 0 Å². The lowest BCUT2D eigenvalue weighted by atomic mass is 9.87. The monoisotopic (exact) mass is 345 g/mol. The highest BCUT2D eigenvalue weighted by molar-refractivity contribution is 5.83. The first-order valence-electron chi connectivity index (χ1n) is 8.80. The fourth-order valence-corrected chi connectivity index (χ4v) is 3.44. The Morgan fingerprint density at radius 1 is 1.04 bits per heavy atom. The first-order chi connectivity index (χ1) is 12.8. The van der Waals surface area contributed by atoms with Crippen LogP contribution < -0.4 is 10.6 Å². The van der Waals surface area contributed by atoms with Crippen molar-refractivity contribution >= 4 is 22.5 Å². The van der Waals surface area contributed by atoms with Gasteiger partial charge in [-0.25, -0.2) is 14.5 Å². The van der Waals surface area contributed by atoms with E-state index in [2.05, 4.69) is 25.7 Å². The molecular formula is C19H19N7. The van der Waals surface area contributed by atoms with Crippen LogP contribution in [0.15, 0.2) is 48.9 Å². The molecule has 0 radical (unpaired) electrons. The molecule has 130 valence electrons. The van der Waals surface area contributed by atoms with Crippen LogP contribution in [0.25, 0.3) is 27.8 Å². The van der Waals surface area contributed by atoms with Gasteiger partial charge in [-0.15, -0.1) is 5.10 Å². The van der Waals surface area contributed by atoms with Crippen LogP contribution in [0.2, 0.25) is 0 Å². The summed E-state index contributed by atoms with van der Waals surface area (Å²) in [4.78, 5) is 13.5. The number of hydrogen-bond acceptors (Lipinski definition) is 6. The van der Waals surface area contributed by atoms with E-state index in [0.29, 0.717) is 18.0 Å². The molecule has 1 fully saturated rings. The number of anilines is 1. The Kier molecular flexibility index (Phi) is 3.53. The van der Waals surface area contributed by atoms with Crippen molar-refractivity contribution < 1.29 is 0 Å². The molecule has 5 rings (SSSR count). The minimum Gasteiger partial charge on any atom is -0.350 e. The summed E-state index contributed by atoms with van der Waals surface area (Å²) in [6.45, 7) is 0. The third-order valence-corrected chi connectivity index (χ3v) is 5.03. The molecular weight excluding hydrogens is 326 g/mol. The second kappa shape index (κ2) is 6.03. The second-order valence-electron chi connectivity index (χ2n) is 6.68. The smallest absolute Gasteiger partial charge is 0.241 e. The zero-order chi connectivity index (χ0) is 17.5. The maximum atomic E-state index is 4.72. The fraction of sp³-hybridized carbons (Fsp3) is 0.263. The van der Waals surface area contributed by atoms with Gasteiger partial charge < -0.3 is 10.6 Å². The van der Waals surface area contributed by atoms with E-state index in [1.165, 1.54) is 0 Å². The highest BCUT2D eigenvalue weighted by Crippen LogP contribution is 2.26. The van der Waals surface area contributed by atoms with Gasteiger partial charge in [-0.05, 0) is 50.2 Å². The van der Waals surface area contributed by atoms with Gasteiger partial charge in [-0.2, -0.15) is 0 Å². The standard InChI is InChI=1S/C19H19N7/c1-20-12-9-13(10-12)23-19-22-11-18-14(6-8-26(18)25-19)15-4-5-16-17(24-15)3-2-7-21-16/h2-8,11-13,20H,9-10H2,1H3,(H,23,25)/t12-,13-. The van der Waals surface area contributed by atoms with Crippen LogP contribution in [0.4, 0.5) is 5.95 Å². The van der Waals surface area contributed by atoms with Crippen molar-refractivity contribution in [1.29, 1.82) is 0 Å². The highest BCUT2D eigenvalue weighted by Gasteiger charge is 2.28. The van der Waals surface area contributed by atoms with Gasteiger partial charge in [0.05, 0.1) is 28.4 Å². The van der Waals surface area contributed by atoms with Crippen molar-refractivity contribution in [3.05, 3.63) is 48.9 Å². The predicted molar refractivity (Wildman–Crippen MR) is 101 cm³/mol. The van der Waals surface area contributed by atoms with E-state index >= 15 is 0 Å². The molecule has 0 saturated heterocycles. The van der Waals surface area contributed by atoms with E-state index in [-0.39, 0.29) is 0 Å². The van der Waals surface area contributed by atoms with Crippen LogP contribution in [0.5, 0.6) is 0 Å². The molecule has 26 heavy (non-hydrogen) atoms. The molecule has 7 nitrogen and oxygen atoms in total. The molecule has 0 amide bonds. The van der Waals surface area contributed by atoms with Gasteiger partial charge in [0.25, 0.3) is 0 Å². The maximum absolute atomic E-state index is 4.72. The zero-order valence-corrected chi connectivity index (χ0v) is 14.4. The SMILES string of the molecule is CN[C@H]1C[C@H](Nc2ncc3c(-c4ccc5ncccc5n4)ccn3n2)C1. The van der Waals surface area contributed by atoms with Crippen LogP contribution in [0, 0.1) is 0 Å². The van der Waals surface area contributed by atoms with Crippen molar-refractivity contribution in [2.75, 3.05) is 12.4 Å². The quantitative estimate of drug-likeness (QED) is 0.592. The summed E-state index contributed by atoms with van der Waals surface area (Å²) in [5.41, 5.74) is 4.62. The van der Waals surface area contributed by atoms with Gasteiger partial charge in [0, 0.05) is 30.0 Å². The summed E-state index contributed by atoms with van der Waals surface area (Å²) in [6.07, 6.45) is 7.78. The van der Waals surface area contributed by atoms with Crippen LogP contribution in [0.3, 0.4) is 0 Å². The highest BCUT2D eigenvalue weighted by atomic mass is 15.3. The van der Waals surface area contributed by atoms with E-state index in [9.17, 15) is 0 Å². The van der Waals surface area contributed by atoms with E-state index in [1.807, 2.05) is 54.3 Å². The lowest BCUT2D eigenvalue weighted by Crippen LogP contribution is -2.46. The third kappa shape index (κ3) is 2.57. The molecule has 1 saturated carbocycles. The minimum absolute atomic E-state index is 0.439. The molecule has 0 atom stereocenters. The summed E-state index contributed by atoms with van der Waals surface area (Å²) in [6, 6.07) is 10.9. The average molecular weight is 345 g/mol. The summed E-state index contributed by atoms with van der Waals surface area (Å²) in [5.74, 6) is 0.662. The fourth-order valence-electron chi connectivity index (χ4n) is 3.44. The van der Waals surface area contributed by atoms with Gasteiger partial charge >= 0.3 is 0 Å². The normalized spacial score (nSPS) is 19.6. The molecule has 4 aromatic rings. The van der Waals surface area contributed by atoms with Gasteiger partial charge in [0.2, 0.25) is 5.95 Å². The molecule has 0 unspecified atom stereocenters. The Bertz CT molecular complexity index is 1080. The van der Waals surface area contributed by atoms with Crippen LogP contribution >= 0.6 is 0 Å². The van der Waals surface area contributed by atoms with E-state index in [0.717, 1.165) is 40.6 Å². The first kappa shape index (κ1) is 15.2. The minimum atomic E-state index is 0.439. The number of hydrogen-bond donors (Lipinski definition) is 2. The lowest BCUT2D eigenvalue weighted by molar-refractivity contribution is 0.325. The Morgan fingerprint density at radius 3 is 2.85 bits per heavy atom. The Balaban J connectivity index is 1.45. The van der Waals surface area contributed by atoms with Gasteiger partial charge in [-0.3, -0.25) is 4.98 Å². The molecule has 0 aromatic carbocycles. The first-order valence-corrected chi connectivity index (χ1v) is 8.80. The van der Waals surface area contributed by atoms with Crippen LogP contribution in [-0.4, -0.2) is 43.7 Å². The molecule has 0 bridgehead atoms. The molecule has 4 heterocycles. The Labute approximate surface area is 150 Å². The molecule has 7 heteroatoms. The number of aromatic nitrogens is 5. The summed E-state index contributed by atoms with van der Waals surface area (Å²) in [7, 11) is 2.00. The predicted octanol–water partition coefficient (Wildman–Crippen LogP) is 2.50. The van der Waals surface area contributed by atoms with Crippen molar-refractivity contribution in [1.82, 2.24) is 29.9 Å². The number of nitrogens with zero attached hydrogens (tertiary/aromatic N) is 5. The number of rotatable bonds is 4. The van der Waals surface area contributed by atoms with Crippen molar-refractivity contribution in [2.45, 2.75) is 24.9 Å². The molecule has 0 spiro atoms. The van der Waals surface area contributed by atoms with E-state index in [1.54, 1.807) is 6.20 Å².